The molecule has 6 heteroatoms. The summed E-state index contributed by atoms with van der Waals surface area (Å²) in [5.74, 6) is 0. The van der Waals surface area contributed by atoms with Crippen molar-refractivity contribution in [2.75, 3.05) is 13.1 Å². The molecule has 1 heterocycles. The van der Waals surface area contributed by atoms with Gasteiger partial charge < -0.3 is 5.73 Å². The van der Waals surface area contributed by atoms with Gasteiger partial charge in [-0.1, -0.05) is 0 Å². The lowest BCUT2D eigenvalue weighted by molar-refractivity contribution is 0.263. The van der Waals surface area contributed by atoms with Crippen LogP contribution in [0.25, 0.3) is 0 Å². The first kappa shape index (κ1) is 12.2. The molecule has 0 spiro atoms. The van der Waals surface area contributed by atoms with E-state index in [1.807, 2.05) is 0 Å². The number of hydrogen-bond acceptors (Lipinski definition) is 3. The van der Waals surface area contributed by atoms with Crippen molar-refractivity contribution in [2.24, 2.45) is 5.73 Å². The van der Waals surface area contributed by atoms with Crippen molar-refractivity contribution < 1.29 is 8.42 Å². The molecule has 1 fully saturated rings. The lowest BCUT2D eigenvalue weighted by Crippen LogP contribution is -2.59. The van der Waals surface area contributed by atoms with Gasteiger partial charge in [-0.3, -0.25) is 0 Å². The molecule has 12 heavy (non-hydrogen) atoms. The summed E-state index contributed by atoms with van der Waals surface area (Å²) in [4.78, 5) is 0. The van der Waals surface area contributed by atoms with E-state index in [-0.39, 0.29) is 23.7 Å². The van der Waals surface area contributed by atoms with Gasteiger partial charge in [0.05, 0.1) is 5.25 Å². The van der Waals surface area contributed by atoms with Crippen LogP contribution in [0.5, 0.6) is 0 Å². The van der Waals surface area contributed by atoms with Crippen molar-refractivity contribution in [1.29, 1.82) is 0 Å². The molecule has 1 aliphatic rings. The van der Waals surface area contributed by atoms with Crippen molar-refractivity contribution in [3.05, 3.63) is 0 Å². The molecule has 0 bridgehead atoms. The molecule has 0 aromatic heterocycles. The first-order valence-corrected chi connectivity index (χ1v) is 5.19. The van der Waals surface area contributed by atoms with E-state index in [2.05, 4.69) is 0 Å². The second kappa shape index (κ2) is 3.91. The van der Waals surface area contributed by atoms with Gasteiger partial charge in [0, 0.05) is 19.1 Å². The zero-order chi connectivity index (χ0) is 8.65. The van der Waals surface area contributed by atoms with E-state index < -0.39 is 10.0 Å². The van der Waals surface area contributed by atoms with E-state index in [1.165, 1.54) is 4.31 Å². The van der Waals surface area contributed by atoms with Gasteiger partial charge >= 0.3 is 0 Å². The third kappa shape index (κ3) is 2.10. The molecule has 0 aromatic carbocycles. The normalized spacial score (nSPS) is 20.3. The second-order valence-corrected chi connectivity index (χ2v) is 5.66. The Labute approximate surface area is 79.6 Å². The predicted molar refractivity (Wildman–Crippen MR) is 50.9 cm³/mol. The van der Waals surface area contributed by atoms with Crippen molar-refractivity contribution in [1.82, 2.24) is 4.31 Å². The number of nitrogens with two attached hydrogens (primary N) is 1. The zero-order valence-electron chi connectivity index (χ0n) is 7.23. The summed E-state index contributed by atoms with van der Waals surface area (Å²) in [5.41, 5.74) is 5.46. The molecule has 74 valence electrons. The number of rotatable bonds is 2. The average Bonchev–Trinajstić information content (AvgIpc) is 1.80. The summed E-state index contributed by atoms with van der Waals surface area (Å²) < 4.78 is 24.1. The monoisotopic (exact) mass is 214 g/mol. The zero-order valence-corrected chi connectivity index (χ0v) is 8.86. The van der Waals surface area contributed by atoms with Crippen LogP contribution in [0.3, 0.4) is 0 Å². The first-order chi connectivity index (χ1) is 4.94. The van der Waals surface area contributed by atoms with Gasteiger partial charge in [0.2, 0.25) is 10.0 Å². The highest BCUT2D eigenvalue weighted by atomic mass is 35.5. The maximum Gasteiger partial charge on any atom is 0.216 e. The van der Waals surface area contributed by atoms with E-state index in [0.717, 1.165) is 0 Å². The lowest BCUT2D eigenvalue weighted by atomic mass is 10.2. The Balaban J connectivity index is 0.00000121. The summed E-state index contributed by atoms with van der Waals surface area (Å²) in [5, 5.41) is -0.324. The molecule has 4 nitrogen and oxygen atoms in total. The molecule has 0 amide bonds. The topological polar surface area (TPSA) is 63.4 Å². The van der Waals surface area contributed by atoms with Crippen LogP contribution in [0.2, 0.25) is 0 Å². The Bertz CT molecular complexity index is 234. The van der Waals surface area contributed by atoms with E-state index in [1.54, 1.807) is 13.8 Å². The van der Waals surface area contributed by atoms with Gasteiger partial charge in [-0.05, 0) is 13.8 Å². The summed E-state index contributed by atoms with van der Waals surface area (Å²) >= 11 is 0. The van der Waals surface area contributed by atoms with Gasteiger partial charge in [0.15, 0.2) is 0 Å². The third-order valence-electron chi connectivity index (χ3n) is 1.83. The molecular formula is C6H15ClN2O2S. The number of nitrogens with zero attached hydrogens (tertiary/aromatic N) is 1. The minimum Gasteiger partial charge on any atom is -0.325 e. The number of sulfonamides is 1. The van der Waals surface area contributed by atoms with E-state index in [4.69, 9.17) is 5.73 Å². The Morgan fingerprint density at radius 3 is 2.08 bits per heavy atom. The van der Waals surface area contributed by atoms with Gasteiger partial charge in [-0.2, -0.15) is 4.31 Å². The Morgan fingerprint density at radius 2 is 1.83 bits per heavy atom. The maximum atomic E-state index is 11.3. The summed E-state index contributed by atoms with van der Waals surface area (Å²) in [6.07, 6.45) is 0. The first-order valence-electron chi connectivity index (χ1n) is 3.69. The fourth-order valence-electron chi connectivity index (χ4n) is 0.976. The van der Waals surface area contributed by atoms with Crippen LogP contribution in [0.4, 0.5) is 0 Å². The van der Waals surface area contributed by atoms with Gasteiger partial charge in [0.25, 0.3) is 0 Å². The molecule has 0 aliphatic carbocycles. The van der Waals surface area contributed by atoms with E-state index in [9.17, 15) is 8.42 Å². The van der Waals surface area contributed by atoms with E-state index >= 15 is 0 Å². The van der Waals surface area contributed by atoms with Gasteiger partial charge in [0.1, 0.15) is 0 Å². The minimum absolute atomic E-state index is 0. The van der Waals surface area contributed by atoms with Crippen LogP contribution in [0.1, 0.15) is 13.8 Å². The second-order valence-electron chi connectivity index (χ2n) is 3.17. The van der Waals surface area contributed by atoms with Crippen LogP contribution in [0, 0.1) is 0 Å². The minimum atomic E-state index is -3.02. The fraction of sp³-hybridized carbons (Fsp3) is 1.00. The number of hydrogen-bond donors (Lipinski definition) is 1. The van der Waals surface area contributed by atoms with Crippen LogP contribution < -0.4 is 5.73 Å². The van der Waals surface area contributed by atoms with Gasteiger partial charge in [-0.25, -0.2) is 8.42 Å². The molecular weight excluding hydrogens is 200 g/mol. The molecule has 0 aromatic rings. The quantitative estimate of drug-likeness (QED) is 0.692. The maximum absolute atomic E-state index is 11.3. The highest BCUT2D eigenvalue weighted by Gasteiger charge is 2.34. The van der Waals surface area contributed by atoms with Crippen LogP contribution in [0.15, 0.2) is 0 Å². The molecule has 2 N–H and O–H groups in total. The largest absolute Gasteiger partial charge is 0.325 e. The SMILES string of the molecule is CC(C)S(=O)(=O)N1CC(N)C1.Cl. The highest BCUT2D eigenvalue weighted by molar-refractivity contribution is 7.89. The molecule has 0 saturated carbocycles. The standard InChI is InChI=1S/C6H14N2O2S.ClH/c1-5(2)11(9,10)8-3-6(7)4-8;/h5-6H,3-4,7H2,1-2H3;1H. The van der Waals surface area contributed by atoms with Crippen molar-refractivity contribution in [3.63, 3.8) is 0 Å². The predicted octanol–water partition coefficient (Wildman–Crippen LogP) is -0.211. The van der Waals surface area contributed by atoms with Crippen molar-refractivity contribution in [2.45, 2.75) is 25.1 Å². The average molecular weight is 215 g/mol. The molecule has 0 radical (unpaired) electrons. The van der Waals surface area contributed by atoms with Crippen molar-refractivity contribution >= 4 is 22.4 Å². The Hall–Kier alpha value is 0.160. The Kier molecular flexibility index (Phi) is 3.96. The highest BCUT2D eigenvalue weighted by Crippen LogP contribution is 2.15. The lowest BCUT2D eigenvalue weighted by Gasteiger charge is -2.36. The van der Waals surface area contributed by atoms with Crippen molar-refractivity contribution in [3.8, 4) is 0 Å². The summed E-state index contributed by atoms with van der Waals surface area (Å²) in [6.45, 7) is 4.33. The molecule has 1 saturated heterocycles. The molecule has 0 unspecified atom stereocenters. The number of halogens is 1. The smallest absolute Gasteiger partial charge is 0.216 e. The van der Waals surface area contributed by atoms with Crippen LogP contribution in [-0.4, -0.2) is 37.1 Å². The molecule has 0 atom stereocenters. The van der Waals surface area contributed by atoms with Crippen LogP contribution in [-0.2, 0) is 10.0 Å². The Morgan fingerprint density at radius 1 is 1.42 bits per heavy atom. The molecule has 1 aliphatic heterocycles. The van der Waals surface area contributed by atoms with Gasteiger partial charge in [-0.15, -0.1) is 12.4 Å². The summed E-state index contributed by atoms with van der Waals surface area (Å²) in [7, 11) is -3.02. The van der Waals surface area contributed by atoms with E-state index in [0.29, 0.717) is 13.1 Å². The molecule has 1 rings (SSSR count). The van der Waals surface area contributed by atoms with Crippen LogP contribution >= 0.6 is 12.4 Å². The third-order valence-corrected chi connectivity index (χ3v) is 4.04. The summed E-state index contributed by atoms with van der Waals surface area (Å²) in [6, 6.07) is 0.0449. The fourth-order valence-corrected chi connectivity index (χ4v) is 2.37.